The van der Waals surface area contributed by atoms with Gasteiger partial charge in [-0.1, -0.05) is 44.2 Å². The molecule has 0 bridgehead atoms. The third kappa shape index (κ3) is 4.73. The van der Waals surface area contributed by atoms with Gasteiger partial charge in [-0.15, -0.1) is 0 Å². The number of ether oxygens (including phenoxy) is 1. The fourth-order valence-electron chi connectivity index (χ4n) is 3.41. The van der Waals surface area contributed by atoms with E-state index < -0.39 is 17.8 Å². The highest BCUT2D eigenvalue weighted by Gasteiger charge is 2.45. The summed E-state index contributed by atoms with van der Waals surface area (Å²) < 4.78 is 5.97. The van der Waals surface area contributed by atoms with Crippen molar-refractivity contribution in [1.82, 2.24) is 14.7 Å². The molecule has 0 aromatic heterocycles. The summed E-state index contributed by atoms with van der Waals surface area (Å²) in [6.45, 7) is 6.32. The van der Waals surface area contributed by atoms with Gasteiger partial charge in [0.05, 0.1) is 19.4 Å². The molecule has 0 N–H and O–H groups in total. The number of piperidine rings is 1. The van der Waals surface area contributed by atoms with Gasteiger partial charge in [0, 0.05) is 19.6 Å². The number of urea groups is 1. The van der Waals surface area contributed by atoms with Crippen LogP contribution in [0.1, 0.15) is 32.3 Å². The SMILES string of the molecule is CC(C)CN1C(=O)C(=O)N(CN2CCC(OCc3ccccc3)CC2)C1=O. The fraction of sp³-hybridized carbons (Fsp3) is 0.550. The van der Waals surface area contributed by atoms with Crippen molar-refractivity contribution < 1.29 is 19.1 Å². The molecule has 7 nitrogen and oxygen atoms in total. The average Bonchev–Trinajstić information content (AvgIpc) is 2.86. The van der Waals surface area contributed by atoms with Crippen LogP contribution in [-0.4, -0.2) is 65.0 Å². The number of amides is 4. The summed E-state index contributed by atoms with van der Waals surface area (Å²) in [5.74, 6) is -1.30. The zero-order chi connectivity index (χ0) is 19.4. The van der Waals surface area contributed by atoms with Crippen molar-refractivity contribution in [3.63, 3.8) is 0 Å². The van der Waals surface area contributed by atoms with Crippen molar-refractivity contribution in [1.29, 1.82) is 0 Å². The molecule has 27 heavy (non-hydrogen) atoms. The molecule has 7 heteroatoms. The number of carbonyl (C=O) groups excluding carboxylic acids is 3. The maximum atomic E-state index is 12.4. The quantitative estimate of drug-likeness (QED) is 0.541. The topological polar surface area (TPSA) is 70.2 Å². The van der Waals surface area contributed by atoms with E-state index in [2.05, 4.69) is 0 Å². The van der Waals surface area contributed by atoms with Crippen molar-refractivity contribution in [2.75, 3.05) is 26.3 Å². The molecule has 1 aromatic carbocycles. The Balaban J connectivity index is 1.47. The zero-order valence-corrected chi connectivity index (χ0v) is 16.0. The first-order chi connectivity index (χ1) is 13.0. The monoisotopic (exact) mass is 373 g/mol. The molecule has 2 aliphatic rings. The van der Waals surface area contributed by atoms with E-state index in [-0.39, 0.29) is 25.2 Å². The van der Waals surface area contributed by atoms with Crippen molar-refractivity contribution in [3.8, 4) is 0 Å². The van der Waals surface area contributed by atoms with E-state index in [1.165, 1.54) is 0 Å². The molecule has 2 aliphatic heterocycles. The standard InChI is InChI=1S/C20H27N3O4/c1-15(2)12-22-18(24)19(25)23(20(22)26)14-21-10-8-17(9-11-21)27-13-16-6-4-3-5-7-16/h3-7,15,17H,8-14H2,1-2H3. The van der Waals surface area contributed by atoms with E-state index in [9.17, 15) is 14.4 Å². The van der Waals surface area contributed by atoms with E-state index in [0.29, 0.717) is 6.61 Å². The Morgan fingerprint density at radius 1 is 1.00 bits per heavy atom. The molecule has 0 spiro atoms. The number of imide groups is 2. The predicted molar refractivity (Wildman–Crippen MR) is 99.5 cm³/mol. The third-order valence-corrected chi connectivity index (χ3v) is 4.89. The smallest absolute Gasteiger partial charge is 0.335 e. The normalized spacial score (nSPS) is 19.6. The zero-order valence-electron chi connectivity index (χ0n) is 16.0. The lowest BCUT2D eigenvalue weighted by atomic mass is 10.1. The van der Waals surface area contributed by atoms with Gasteiger partial charge in [-0.3, -0.25) is 19.4 Å². The first-order valence-electron chi connectivity index (χ1n) is 9.51. The highest BCUT2D eigenvalue weighted by Crippen LogP contribution is 2.19. The second-order valence-corrected chi connectivity index (χ2v) is 7.58. The van der Waals surface area contributed by atoms with Gasteiger partial charge in [-0.2, -0.15) is 0 Å². The van der Waals surface area contributed by atoms with Crippen LogP contribution in [0.25, 0.3) is 0 Å². The summed E-state index contributed by atoms with van der Waals surface area (Å²) in [6, 6.07) is 9.56. The van der Waals surface area contributed by atoms with Crippen molar-refractivity contribution in [3.05, 3.63) is 35.9 Å². The minimum atomic E-state index is -0.719. The minimum absolute atomic E-state index is 0.128. The molecule has 3 rings (SSSR count). The summed E-state index contributed by atoms with van der Waals surface area (Å²) in [6.07, 6.45) is 1.85. The molecule has 0 saturated carbocycles. The van der Waals surface area contributed by atoms with Gasteiger partial charge >= 0.3 is 17.8 Å². The van der Waals surface area contributed by atoms with Crippen molar-refractivity contribution in [2.45, 2.75) is 39.4 Å². The molecule has 1 aromatic rings. The molecule has 0 aliphatic carbocycles. The van der Waals surface area contributed by atoms with Crippen molar-refractivity contribution in [2.24, 2.45) is 5.92 Å². The Hall–Kier alpha value is -2.25. The average molecular weight is 373 g/mol. The third-order valence-electron chi connectivity index (χ3n) is 4.89. The van der Waals surface area contributed by atoms with Crippen LogP contribution in [-0.2, 0) is 20.9 Å². The number of nitrogens with zero attached hydrogens (tertiary/aromatic N) is 3. The lowest BCUT2D eigenvalue weighted by Gasteiger charge is -2.33. The van der Waals surface area contributed by atoms with E-state index in [1.807, 2.05) is 49.1 Å². The number of carbonyl (C=O) groups is 3. The molecule has 2 fully saturated rings. The van der Waals surface area contributed by atoms with E-state index >= 15 is 0 Å². The van der Waals surface area contributed by atoms with Crippen molar-refractivity contribution >= 4 is 17.8 Å². The second-order valence-electron chi connectivity index (χ2n) is 7.58. The van der Waals surface area contributed by atoms with Gasteiger partial charge < -0.3 is 4.74 Å². The molecular weight excluding hydrogens is 346 g/mol. The molecule has 2 saturated heterocycles. The van der Waals surface area contributed by atoms with E-state index in [4.69, 9.17) is 4.74 Å². The maximum absolute atomic E-state index is 12.4. The molecule has 0 unspecified atom stereocenters. The van der Waals surface area contributed by atoms with Crippen LogP contribution in [0, 0.1) is 5.92 Å². The Bertz CT molecular complexity index is 684. The maximum Gasteiger partial charge on any atom is 0.335 e. The first kappa shape index (κ1) is 19.5. The molecule has 2 heterocycles. The van der Waals surface area contributed by atoms with Crippen LogP contribution < -0.4 is 0 Å². The van der Waals surface area contributed by atoms with Crippen LogP contribution in [0.15, 0.2) is 30.3 Å². The lowest BCUT2D eigenvalue weighted by molar-refractivity contribution is -0.144. The molecule has 146 valence electrons. The highest BCUT2D eigenvalue weighted by atomic mass is 16.5. The van der Waals surface area contributed by atoms with E-state index in [0.717, 1.165) is 41.3 Å². The van der Waals surface area contributed by atoms with E-state index in [1.54, 1.807) is 0 Å². The van der Waals surface area contributed by atoms with Crippen LogP contribution in [0.5, 0.6) is 0 Å². The van der Waals surface area contributed by atoms with Gasteiger partial charge in [0.1, 0.15) is 0 Å². The van der Waals surface area contributed by atoms with Gasteiger partial charge in [-0.25, -0.2) is 9.69 Å². The summed E-state index contributed by atoms with van der Waals surface area (Å²) in [7, 11) is 0. The number of rotatable bonds is 7. The fourth-order valence-corrected chi connectivity index (χ4v) is 3.41. The van der Waals surface area contributed by atoms with Gasteiger partial charge in [0.15, 0.2) is 0 Å². The molecular formula is C20H27N3O4. The Labute approximate surface area is 159 Å². The minimum Gasteiger partial charge on any atom is -0.373 e. The Morgan fingerprint density at radius 3 is 2.26 bits per heavy atom. The Morgan fingerprint density at radius 2 is 1.63 bits per heavy atom. The molecule has 4 amide bonds. The second kappa shape index (κ2) is 8.63. The first-order valence-corrected chi connectivity index (χ1v) is 9.51. The predicted octanol–water partition coefficient (Wildman–Crippen LogP) is 2.07. The largest absolute Gasteiger partial charge is 0.373 e. The van der Waals surface area contributed by atoms with Gasteiger partial charge in [0.25, 0.3) is 0 Å². The number of benzene rings is 1. The lowest BCUT2D eigenvalue weighted by Crippen LogP contribution is -2.46. The number of hydrogen-bond donors (Lipinski definition) is 0. The van der Waals surface area contributed by atoms with Crippen LogP contribution in [0.3, 0.4) is 0 Å². The Kier molecular flexibility index (Phi) is 6.23. The summed E-state index contributed by atoms with van der Waals surface area (Å²) >= 11 is 0. The van der Waals surface area contributed by atoms with Crippen LogP contribution in [0.4, 0.5) is 4.79 Å². The van der Waals surface area contributed by atoms with Gasteiger partial charge in [0.2, 0.25) is 0 Å². The molecule has 0 atom stereocenters. The summed E-state index contributed by atoms with van der Waals surface area (Å²) in [5, 5.41) is 0. The van der Waals surface area contributed by atoms with Gasteiger partial charge in [-0.05, 0) is 24.3 Å². The number of likely N-dealkylation sites (tertiary alicyclic amines) is 1. The van der Waals surface area contributed by atoms with Crippen LogP contribution in [0.2, 0.25) is 0 Å². The molecule has 0 radical (unpaired) electrons. The van der Waals surface area contributed by atoms with Crippen LogP contribution >= 0.6 is 0 Å². The number of hydrogen-bond acceptors (Lipinski definition) is 5. The highest BCUT2D eigenvalue weighted by molar-refractivity contribution is 6.44. The summed E-state index contributed by atoms with van der Waals surface area (Å²) in [4.78, 5) is 40.8. The summed E-state index contributed by atoms with van der Waals surface area (Å²) in [5.41, 5.74) is 1.15.